The molecule has 136 valence electrons. The van der Waals surface area contributed by atoms with Crippen LogP contribution in [0.5, 0.6) is 0 Å². The van der Waals surface area contributed by atoms with E-state index >= 15 is 0 Å². The topological polar surface area (TPSA) is 111 Å². The lowest BCUT2D eigenvalue weighted by Gasteiger charge is -2.05. The Morgan fingerprint density at radius 2 is 1.93 bits per heavy atom. The first kappa shape index (κ1) is 18.2. The molecule has 1 aromatic heterocycles. The number of nitrogens with zero attached hydrogens (tertiary/aromatic N) is 2. The van der Waals surface area contributed by atoms with Crippen LogP contribution in [0.15, 0.2) is 54.6 Å². The second kappa shape index (κ2) is 8.19. The molecule has 0 saturated carbocycles. The maximum absolute atomic E-state index is 11.8. The number of thiazole rings is 1. The summed E-state index contributed by atoms with van der Waals surface area (Å²) in [6.45, 7) is -0.560. The highest BCUT2D eigenvalue weighted by Crippen LogP contribution is 2.23. The summed E-state index contributed by atoms with van der Waals surface area (Å²) in [7, 11) is 0. The van der Waals surface area contributed by atoms with Crippen LogP contribution in [-0.2, 0) is 14.3 Å². The zero-order chi connectivity index (χ0) is 19.2. The van der Waals surface area contributed by atoms with Crippen molar-refractivity contribution >= 4 is 50.9 Å². The van der Waals surface area contributed by atoms with Gasteiger partial charge in [-0.15, -0.1) is 11.3 Å². The van der Waals surface area contributed by atoms with Crippen molar-refractivity contribution in [1.29, 1.82) is 0 Å². The number of para-hydroxylation sites is 3. The molecule has 27 heavy (non-hydrogen) atoms. The first-order valence-electron chi connectivity index (χ1n) is 7.76. The van der Waals surface area contributed by atoms with E-state index in [-0.39, 0.29) is 11.4 Å². The molecule has 3 aromatic rings. The fraction of sp³-hybridized carbons (Fsp3) is 0.0556. The van der Waals surface area contributed by atoms with Crippen LogP contribution >= 0.6 is 11.3 Å². The third-order valence-corrected chi connectivity index (χ3v) is 4.39. The average molecular weight is 383 g/mol. The van der Waals surface area contributed by atoms with Gasteiger partial charge in [0.2, 0.25) is 0 Å². The quantitative estimate of drug-likeness (QED) is 0.302. The average Bonchev–Trinajstić information content (AvgIpc) is 3.08. The number of anilines is 1. The van der Waals surface area contributed by atoms with Gasteiger partial charge in [-0.2, -0.15) is 0 Å². The second-order valence-corrected chi connectivity index (χ2v) is 6.35. The molecule has 0 spiro atoms. The Hall–Kier alpha value is -3.59. The molecule has 1 N–H and O–H groups in total. The minimum Gasteiger partial charge on any atom is -0.452 e. The van der Waals surface area contributed by atoms with Gasteiger partial charge >= 0.3 is 5.97 Å². The van der Waals surface area contributed by atoms with Gasteiger partial charge in [-0.25, -0.2) is 9.78 Å². The van der Waals surface area contributed by atoms with E-state index in [1.807, 2.05) is 24.3 Å². The second-order valence-electron chi connectivity index (χ2n) is 5.28. The molecule has 0 aliphatic heterocycles. The normalized spacial score (nSPS) is 10.8. The van der Waals surface area contributed by atoms with Crippen molar-refractivity contribution in [3.05, 3.63) is 69.7 Å². The highest BCUT2D eigenvalue weighted by atomic mass is 32.1. The van der Waals surface area contributed by atoms with Gasteiger partial charge < -0.3 is 10.1 Å². The lowest BCUT2D eigenvalue weighted by Crippen LogP contribution is -2.20. The van der Waals surface area contributed by atoms with Gasteiger partial charge in [0.15, 0.2) is 6.61 Å². The smallest absolute Gasteiger partial charge is 0.331 e. The van der Waals surface area contributed by atoms with Crippen LogP contribution in [-0.4, -0.2) is 28.4 Å². The largest absolute Gasteiger partial charge is 0.452 e. The maximum Gasteiger partial charge on any atom is 0.331 e. The van der Waals surface area contributed by atoms with Crippen molar-refractivity contribution in [1.82, 2.24) is 4.98 Å². The predicted octanol–water partition coefficient (Wildman–Crippen LogP) is 3.40. The molecular weight excluding hydrogens is 370 g/mol. The molecule has 1 amide bonds. The van der Waals surface area contributed by atoms with E-state index in [0.717, 1.165) is 10.2 Å². The number of aromatic nitrogens is 1. The monoisotopic (exact) mass is 383 g/mol. The summed E-state index contributed by atoms with van der Waals surface area (Å²) in [5.41, 5.74) is 0.626. The molecule has 0 bridgehead atoms. The number of hydrogen-bond acceptors (Lipinski definition) is 7. The number of nitrogens with one attached hydrogen (secondary N) is 1. The van der Waals surface area contributed by atoms with E-state index in [1.165, 1.54) is 41.7 Å². The molecule has 0 radical (unpaired) electrons. The fourth-order valence-electron chi connectivity index (χ4n) is 2.21. The van der Waals surface area contributed by atoms with Crippen LogP contribution in [0.4, 0.5) is 11.4 Å². The molecular formula is C18H13N3O5S. The molecule has 2 aromatic carbocycles. The third kappa shape index (κ3) is 4.73. The van der Waals surface area contributed by atoms with E-state index in [9.17, 15) is 19.7 Å². The highest BCUT2D eigenvalue weighted by Gasteiger charge is 2.15. The molecule has 0 aliphatic carbocycles. The molecule has 0 saturated heterocycles. The fourth-order valence-corrected chi connectivity index (χ4v) is 3.08. The number of rotatable bonds is 6. The van der Waals surface area contributed by atoms with E-state index in [1.54, 1.807) is 6.07 Å². The van der Waals surface area contributed by atoms with E-state index in [0.29, 0.717) is 5.01 Å². The van der Waals surface area contributed by atoms with Crippen LogP contribution in [0.1, 0.15) is 5.01 Å². The summed E-state index contributed by atoms with van der Waals surface area (Å²) < 4.78 is 5.84. The molecule has 9 heteroatoms. The summed E-state index contributed by atoms with van der Waals surface area (Å²) in [5.74, 6) is -1.39. The van der Waals surface area contributed by atoms with Crippen molar-refractivity contribution in [2.75, 3.05) is 11.9 Å². The number of hydrogen-bond donors (Lipinski definition) is 1. The van der Waals surface area contributed by atoms with Crippen LogP contribution in [0.2, 0.25) is 0 Å². The Kier molecular flexibility index (Phi) is 5.53. The third-order valence-electron chi connectivity index (χ3n) is 3.39. The summed E-state index contributed by atoms with van der Waals surface area (Å²) in [6, 6.07) is 13.3. The Morgan fingerprint density at radius 3 is 2.70 bits per heavy atom. The minimum absolute atomic E-state index is 0.0357. The zero-order valence-corrected chi connectivity index (χ0v) is 14.6. The van der Waals surface area contributed by atoms with Gasteiger partial charge in [-0.1, -0.05) is 24.3 Å². The lowest BCUT2D eigenvalue weighted by molar-refractivity contribution is -0.383. The number of carbonyl (C=O) groups is 2. The molecule has 0 unspecified atom stereocenters. The Morgan fingerprint density at radius 1 is 1.19 bits per heavy atom. The summed E-state index contributed by atoms with van der Waals surface area (Å²) in [6.07, 6.45) is 2.68. The summed E-state index contributed by atoms with van der Waals surface area (Å²) >= 11 is 1.42. The van der Waals surface area contributed by atoms with Crippen LogP contribution in [0.3, 0.4) is 0 Å². The van der Waals surface area contributed by atoms with Gasteiger partial charge in [0, 0.05) is 12.1 Å². The van der Waals surface area contributed by atoms with Crippen LogP contribution in [0.25, 0.3) is 16.3 Å². The minimum atomic E-state index is -0.716. The van der Waals surface area contributed by atoms with Gasteiger partial charge in [0.1, 0.15) is 10.7 Å². The van der Waals surface area contributed by atoms with E-state index in [2.05, 4.69) is 10.3 Å². The Bertz CT molecular complexity index is 1010. The summed E-state index contributed by atoms with van der Waals surface area (Å²) in [4.78, 5) is 38.2. The molecule has 8 nitrogen and oxygen atoms in total. The van der Waals surface area contributed by atoms with Crippen LogP contribution in [0, 0.1) is 10.1 Å². The number of fused-ring (bicyclic) bond motifs is 1. The molecule has 3 rings (SSSR count). The standard InChI is InChI=1S/C18H13N3O5S/c22-16(19-12-5-1-3-7-14(12)21(24)25)11-26-18(23)10-9-17-20-13-6-2-4-8-15(13)27-17/h1-10H,11H2,(H,19,22)/b10-9+. The number of nitro benzene ring substituents is 1. The van der Waals surface area contributed by atoms with Crippen molar-refractivity contribution < 1.29 is 19.2 Å². The first-order valence-corrected chi connectivity index (χ1v) is 8.58. The number of ether oxygens (including phenoxy) is 1. The molecule has 1 heterocycles. The van der Waals surface area contributed by atoms with Gasteiger partial charge in [-0.05, 0) is 24.3 Å². The van der Waals surface area contributed by atoms with Gasteiger partial charge in [-0.3, -0.25) is 14.9 Å². The van der Waals surface area contributed by atoms with E-state index in [4.69, 9.17) is 4.74 Å². The SMILES string of the molecule is O=C(COC(=O)/C=C/c1nc2ccccc2s1)Nc1ccccc1[N+](=O)[O-]. The Labute approximate surface area is 157 Å². The zero-order valence-electron chi connectivity index (χ0n) is 13.8. The Balaban J connectivity index is 1.54. The highest BCUT2D eigenvalue weighted by molar-refractivity contribution is 7.19. The van der Waals surface area contributed by atoms with Crippen LogP contribution < -0.4 is 5.32 Å². The molecule has 0 aliphatic rings. The van der Waals surface area contributed by atoms with Crippen molar-refractivity contribution in [2.24, 2.45) is 0 Å². The van der Waals surface area contributed by atoms with Gasteiger partial charge in [0.05, 0.1) is 15.1 Å². The van der Waals surface area contributed by atoms with E-state index < -0.39 is 23.4 Å². The van der Waals surface area contributed by atoms with Gasteiger partial charge in [0.25, 0.3) is 11.6 Å². The number of esters is 1. The van der Waals surface area contributed by atoms with Crippen molar-refractivity contribution in [2.45, 2.75) is 0 Å². The summed E-state index contributed by atoms with van der Waals surface area (Å²) in [5, 5.41) is 13.9. The number of carbonyl (C=O) groups excluding carboxylic acids is 2. The van der Waals surface area contributed by atoms with Crippen molar-refractivity contribution in [3.8, 4) is 0 Å². The lowest BCUT2D eigenvalue weighted by atomic mass is 10.2. The first-order chi connectivity index (χ1) is 13.0. The maximum atomic E-state index is 11.8. The molecule has 0 fully saturated rings. The number of amides is 1. The number of benzene rings is 2. The number of nitro groups is 1. The van der Waals surface area contributed by atoms with Crippen molar-refractivity contribution in [3.63, 3.8) is 0 Å². The molecule has 0 atom stereocenters. The predicted molar refractivity (Wildman–Crippen MR) is 101 cm³/mol.